The van der Waals surface area contributed by atoms with Gasteiger partial charge in [-0.05, 0) is 42.0 Å². The second kappa shape index (κ2) is 6.60. The molecule has 4 nitrogen and oxygen atoms in total. The van der Waals surface area contributed by atoms with Gasteiger partial charge in [0.2, 0.25) is 10.0 Å². The van der Waals surface area contributed by atoms with Crippen molar-refractivity contribution < 1.29 is 8.42 Å². The Morgan fingerprint density at radius 3 is 2.38 bits per heavy atom. The number of halogens is 1. The summed E-state index contributed by atoms with van der Waals surface area (Å²) in [6.07, 6.45) is 0. The Morgan fingerprint density at radius 1 is 1.14 bits per heavy atom. The summed E-state index contributed by atoms with van der Waals surface area (Å²) in [6, 6.07) is 14.3. The molecule has 0 unspecified atom stereocenters. The van der Waals surface area contributed by atoms with Crippen LogP contribution in [-0.2, 0) is 16.6 Å². The third kappa shape index (κ3) is 3.84. The van der Waals surface area contributed by atoms with Crippen LogP contribution in [0.25, 0.3) is 0 Å². The fourth-order valence-electron chi connectivity index (χ4n) is 1.95. The van der Waals surface area contributed by atoms with Crippen molar-refractivity contribution in [3.8, 4) is 0 Å². The summed E-state index contributed by atoms with van der Waals surface area (Å²) in [5.74, 6) is 0. The van der Waals surface area contributed by atoms with E-state index in [9.17, 15) is 8.42 Å². The summed E-state index contributed by atoms with van der Waals surface area (Å²) in [5.41, 5.74) is 1.81. The SMILES string of the molecule is CNc1ccc(S(=O)(=O)N(C)Cc2cccc(Br)c2)cc1. The Bertz CT molecular complexity index is 715. The van der Waals surface area contributed by atoms with Crippen LogP contribution < -0.4 is 5.32 Å². The second-order valence-corrected chi connectivity index (χ2v) is 7.63. The highest BCUT2D eigenvalue weighted by Gasteiger charge is 2.20. The van der Waals surface area contributed by atoms with Gasteiger partial charge in [-0.3, -0.25) is 0 Å². The Labute approximate surface area is 134 Å². The molecule has 2 aromatic carbocycles. The summed E-state index contributed by atoms with van der Waals surface area (Å²) in [6.45, 7) is 0.329. The zero-order valence-electron chi connectivity index (χ0n) is 11.9. The zero-order chi connectivity index (χ0) is 15.5. The molecule has 0 aliphatic carbocycles. The molecule has 0 aromatic heterocycles. The van der Waals surface area contributed by atoms with Gasteiger partial charge in [0.15, 0.2) is 0 Å². The first-order chi connectivity index (χ1) is 9.93. The number of hydrogen-bond donors (Lipinski definition) is 1. The van der Waals surface area contributed by atoms with Crippen molar-refractivity contribution in [1.29, 1.82) is 0 Å². The monoisotopic (exact) mass is 368 g/mol. The van der Waals surface area contributed by atoms with Crippen LogP contribution in [0.1, 0.15) is 5.56 Å². The van der Waals surface area contributed by atoms with Gasteiger partial charge in [-0.1, -0.05) is 28.1 Å². The number of rotatable bonds is 5. The fourth-order valence-corrected chi connectivity index (χ4v) is 3.56. The lowest BCUT2D eigenvalue weighted by Crippen LogP contribution is -2.26. The van der Waals surface area contributed by atoms with Crippen molar-refractivity contribution in [3.05, 3.63) is 58.6 Å². The van der Waals surface area contributed by atoms with Crippen LogP contribution in [-0.4, -0.2) is 26.8 Å². The molecule has 6 heteroatoms. The van der Waals surface area contributed by atoms with Gasteiger partial charge < -0.3 is 5.32 Å². The fraction of sp³-hybridized carbons (Fsp3) is 0.200. The average Bonchev–Trinajstić information content (AvgIpc) is 2.47. The largest absolute Gasteiger partial charge is 0.388 e. The molecule has 0 bridgehead atoms. The summed E-state index contributed by atoms with van der Waals surface area (Å²) < 4.78 is 27.3. The lowest BCUT2D eigenvalue weighted by Gasteiger charge is -2.17. The van der Waals surface area contributed by atoms with Crippen molar-refractivity contribution >= 4 is 31.6 Å². The van der Waals surface area contributed by atoms with Crippen molar-refractivity contribution in [1.82, 2.24) is 4.31 Å². The molecular formula is C15H17BrN2O2S. The van der Waals surface area contributed by atoms with Gasteiger partial charge in [-0.2, -0.15) is 4.31 Å². The molecule has 0 spiro atoms. The van der Waals surface area contributed by atoms with Crippen molar-refractivity contribution in [2.45, 2.75) is 11.4 Å². The van der Waals surface area contributed by atoms with Gasteiger partial charge in [0, 0.05) is 30.8 Å². The minimum atomic E-state index is -3.48. The molecule has 0 saturated carbocycles. The van der Waals surface area contributed by atoms with Crippen LogP contribution in [0.2, 0.25) is 0 Å². The predicted octanol–water partition coefficient (Wildman–Crippen LogP) is 3.31. The minimum absolute atomic E-state index is 0.291. The van der Waals surface area contributed by atoms with Gasteiger partial charge >= 0.3 is 0 Å². The molecule has 0 amide bonds. The number of nitrogens with zero attached hydrogens (tertiary/aromatic N) is 1. The maximum Gasteiger partial charge on any atom is 0.243 e. The lowest BCUT2D eigenvalue weighted by molar-refractivity contribution is 0.466. The Kier molecular flexibility index (Phi) is 5.03. The molecule has 0 atom stereocenters. The summed E-state index contributed by atoms with van der Waals surface area (Å²) >= 11 is 3.39. The first kappa shape index (κ1) is 16.0. The van der Waals surface area contributed by atoms with Crippen LogP contribution in [0.15, 0.2) is 57.9 Å². The summed E-state index contributed by atoms with van der Waals surface area (Å²) in [7, 11) is -0.105. The lowest BCUT2D eigenvalue weighted by atomic mass is 10.2. The number of hydrogen-bond acceptors (Lipinski definition) is 3. The molecule has 0 radical (unpaired) electrons. The Hall–Kier alpha value is -1.37. The first-order valence-electron chi connectivity index (χ1n) is 6.42. The maximum atomic E-state index is 12.5. The Balaban J connectivity index is 2.21. The van der Waals surface area contributed by atoms with E-state index in [0.29, 0.717) is 11.4 Å². The molecule has 2 aromatic rings. The molecular weight excluding hydrogens is 352 g/mol. The highest BCUT2D eigenvalue weighted by atomic mass is 79.9. The molecule has 0 saturated heterocycles. The van der Waals surface area contributed by atoms with E-state index in [-0.39, 0.29) is 0 Å². The van der Waals surface area contributed by atoms with E-state index in [4.69, 9.17) is 0 Å². The van der Waals surface area contributed by atoms with E-state index in [1.807, 2.05) is 24.3 Å². The third-order valence-corrected chi connectivity index (χ3v) is 5.46. The van der Waals surface area contributed by atoms with E-state index < -0.39 is 10.0 Å². The Morgan fingerprint density at radius 2 is 1.81 bits per heavy atom. The van der Waals surface area contributed by atoms with Gasteiger partial charge in [0.05, 0.1) is 4.90 Å². The minimum Gasteiger partial charge on any atom is -0.388 e. The van der Waals surface area contributed by atoms with Crippen LogP contribution in [0, 0.1) is 0 Å². The van der Waals surface area contributed by atoms with E-state index in [2.05, 4.69) is 21.2 Å². The van der Waals surface area contributed by atoms with Crippen LogP contribution in [0.3, 0.4) is 0 Å². The topological polar surface area (TPSA) is 49.4 Å². The highest BCUT2D eigenvalue weighted by molar-refractivity contribution is 9.10. The van der Waals surface area contributed by atoms with Gasteiger partial charge in [-0.15, -0.1) is 0 Å². The average molecular weight is 369 g/mol. The van der Waals surface area contributed by atoms with Crippen molar-refractivity contribution in [2.75, 3.05) is 19.4 Å². The van der Waals surface area contributed by atoms with E-state index >= 15 is 0 Å². The normalized spacial score (nSPS) is 11.6. The van der Waals surface area contributed by atoms with Gasteiger partial charge in [-0.25, -0.2) is 8.42 Å². The second-order valence-electron chi connectivity index (χ2n) is 4.67. The number of nitrogens with one attached hydrogen (secondary N) is 1. The van der Waals surface area contributed by atoms with Gasteiger partial charge in [0.1, 0.15) is 0 Å². The maximum absolute atomic E-state index is 12.5. The van der Waals surface area contributed by atoms with Crippen molar-refractivity contribution in [2.24, 2.45) is 0 Å². The third-order valence-electron chi connectivity index (χ3n) is 3.15. The van der Waals surface area contributed by atoms with Crippen LogP contribution >= 0.6 is 15.9 Å². The number of sulfonamides is 1. The molecule has 0 aliphatic rings. The standard InChI is InChI=1S/C15H17BrN2O2S/c1-17-14-6-8-15(9-7-14)21(19,20)18(2)11-12-4-3-5-13(16)10-12/h3-10,17H,11H2,1-2H3. The quantitative estimate of drug-likeness (QED) is 0.880. The highest BCUT2D eigenvalue weighted by Crippen LogP contribution is 2.20. The smallest absolute Gasteiger partial charge is 0.243 e. The summed E-state index contributed by atoms with van der Waals surface area (Å²) in [4.78, 5) is 0.291. The van der Waals surface area contributed by atoms with Gasteiger partial charge in [0.25, 0.3) is 0 Å². The summed E-state index contributed by atoms with van der Waals surface area (Å²) in [5, 5.41) is 2.97. The first-order valence-corrected chi connectivity index (χ1v) is 8.65. The molecule has 0 aliphatic heterocycles. The molecule has 0 heterocycles. The van der Waals surface area contributed by atoms with E-state index in [0.717, 1.165) is 15.7 Å². The number of anilines is 1. The number of benzene rings is 2. The van der Waals surface area contributed by atoms with E-state index in [1.54, 1.807) is 38.4 Å². The molecule has 112 valence electrons. The van der Waals surface area contributed by atoms with Crippen LogP contribution in [0.5, 0.6) is 0 Å². The molecule has 1 N–H and O–H groups in total. The van der Waals surface area contributed by atoms with Crippen LogP contribution in [0.4, 0.5) is 5.69 Å². The molecule has 21 heavy (non-hydrogen) atoms. The molecule has 2 rings (SSSR count). The predicted molar refractivity (Wildman–Crippen MR) is 88.8 cm³/mol. The zero-order valence-corrected chi connectivity index (χ0v) is 14.3. The molecule has 0 fully saturated rings. The van der Waals surface area contributed by atoms with E-state index in [1.165, 1.54) is 4.31 Å². The van der Waals surface area contributed by atoms with Crippen molar-refractivity contribution in [3.63, 3.8) is 0 Å².